The van der Waals surface area contributed by atoms with Crippen molar-refractivity contribution < 1.29 is 9.21 Å². The van der Waals surface area contributed by atoms with Gasteiger partial charge in [-0.05, 0) is 52.5 Å². The van der Waals surface area contributed by atoms with Gasteiger partial charge in [-0.25, -0.2) is 19.9 Å². The van der Waals surface area contributed by atoms with Crippen LogP contribution in [0.25, 0.3) is 11.1 Å². The lowest BCUT2D eigenvalue weighted by Crippen LogP contribution is -2.45. The van der Waals surface area contributed by atoms with Crippen molar-refractivity contribution in [2.45, 2.75) is 58.0 Å². The zero-order valence-electron chi connectivity index (χ0n) is 18.1. The van der Waals surface area contributed by atoms with Gasteiger partial charge in [0.25, 0.3) is 5.91 Å². The molecule has 0 atom stereocenters. The second-order valence-corrected chi connectivity index (χ2v) is 8.82. The van der Waals surface area contributed by atoms with E-state index in [1.165, 1.54) is 6.33 Å². The Morgan fingerprint density at radius 2 is 1.97 bits per heavy atom. The van der Waals surface area contributed by atoms with Crippen LogP contribution in [-0.2, 0) is 0 Å². The molecule has 1 aliphatic carbocycles. The first-order valence-corrected chi connectivity index (χ1v) is 10.8. The molecule has 2 N–H and O–H groups in total. The third kappa shape index (κ3) is 3.92. The first kappa shape index (κ1) is 19.7. The van der Waals surface area contributed by atoms with Crippen molar-refractivity contribution in [3.8, 4) is 0 Å². The average Bonchev–Trinajstić information content (AvgIpc) is 3.36. The first-order valence-electron chi connectivity index (χ1n) is 10.8. The van der Waals surface area contributed by atoms with E-state index in [4.69, 9.17) is 4.42 Å². The molecular weight excluding hydrogens is 394 g/mol. The second-order valence-electron chi connectivity index (χ2n) is 8.82. The molecule has 0 unspecified atom stereocenters. The van der Waals surface area contributed by atoms with Gasteiger partial charge in [0.15, 0.2) is 0 Å². The number of fused-ring (bicyclic) bond motifs is 1. The minimum atomic E-state index is -0.133. The van der Waals surface area contributed by atoms with Crippen LogP contribution in [0, 0.1) is 13.8 Å². The number of hydrogen-bond acceptors (Lipinski definition) is 8. The van der Waals surface area contributed by atoms with Crippen molar-refractivity contribution in [1.82, 2.24) is 25.3 Å². The summed E-state index contributed by atoms with van der Waals surface area (Å²) in [5, 5.41) is 7.33. The van der Waals surface area contributed by atoms with Crippen molar-refractivity contribution in [3.63, 3.8) is 0 Å². The summed E-state index contributed by atoms with van der Waals surface area (Å²) >= 11 is 0. The molecule has 9 heteroatoms. The summed E-state index contributed by atoms with van der Waals surface area (Å²) in [7, 11) is 0. The van der Waals surface area contributed by atoms with Gasteiger partial charge in [-0.15, -0.1) is 0 Å². The summed E-state index contributed by atoms with van der Waals surface area (Å²) in [4.78, 5) is 32.8. The van der Waals surface area contributed by atoms with E-state index in [0.29, 0.717) is 28.2 Å². The summed E-state index contributed by atoms with van der Waals surface area (Å²) in [6, 6.07) is 2.03. The molecule has 1 saturated carbocycles. The van der Waals surface area contributed by atoms with Crippen LogP contribution in [0.15, 0.2) is 23.0 Å². The second kappa shape index (κ2) is 7.47. The summed E-state index contributed by atoms with van der Waals surface area (Å²) < 4.78 is 5.80. The van der Waals surface area contributed by atoms with E-state index in [2.05, 4.69) is 42.4 Å². The topological polar surface area (TPSA) is 109 Å². The molecule has 0 bridgehead atoms. The van der Waals surface area contributed by atoms with E-state index in [9.17, 15) is 4.79 Å². The smallest absolute Gasteiger partial charge is 0.255 e. The summed E-state index contributed by atoms with van der Waals surface area (Å²) in [6.07, 6.45) is 7.13. The number of piperidine rings is 1. The van der Waals surface area contributed by atoms with Crippen LogP contribution in [0.5, 0.6) is 0 Å². The molecule has 9 nitrogen and oxygen atoms in total. The van der Waals surface area contributed by atoms with Crippen LogP contribution in [0.4, 0.5) is 11.6 Å². The normalized spacial score (nSPS) is 18.2. The maximum atomic E-state index is 13.2. The molecule has 1 amide bonds. The molecule has 3 aromatic rings. The van der Waals surface area contributed by atoms with Crippen molar-refractivity contribution in [1.29, 1.82) is 0 Å². The molecule has 5 rings (SSSR count). The third-order valence-electron chi connectivity index (χ3n) is 6.23. The molecule has 1 aliphatic heterocycles. The number of nitrogens with one attached hydrogen (secondary N) is 2. The number of carbonyl (C=O) groups excluding carboxylic acids is 1. The van der Waals surface area contributed by atoms with Gasteiger partial charge in [0.05, 0.1) is 10.9 Å². The predicted molar refractivity (Wildman–Crippen MR) is 117 cm³/mol. The Balaban J connectivity index is 1.31. The summed E-state index contributed by atoms with van der Waals surface area (Å²) in [5.74, 6) is 2.80. The number of aromatic nitrogens is 4. The average molecular weight is 422 g/mol. The number of furan rings is 1. The zero-order chi connectivity index (χ0) is 21.6. The van der Waals surface area contributed by atoms with Gasteiger partial charge in [-0.1, -0.05) is 0 Å². The molecule has 2 fully saturated rings. The van der Waals surface area contributed by atoms with Crippen LogP contribution in [0.1, 0.15) is 54.5 Å². The fraction of sp³-hybridized carbons (Fsp3) is 0.500. The highest BCUT2D eigenvalue weighted by Crippen LogP contribution is 2.40. The van der Waals surface area contributed by atoms with Gasteiger partial charge in [-0.3, -0.25) is 4.79 Å². The van der Waals surface area contributed by atoms with Crippen LogP contribution in [-0.4, -0.2) is 50.5 Å². The van der Waals surface area contributed by atoms with Gasteiger partial charge in [-0.2, -0.15) is 0 Å². The molecule has 4 heterocycles. The quantitative estimate of drug-likeness (QED) is 0.647. The summed E-state index contributed by atoms with van der Waals surface area (Å²) in [6.45, 7) is 7.52. The van der Waals surface area contributed by atoms with E-state index in [1.54, 1.807) is 13.1 Å². The Hall–Kier alpha value is -3.23. The first-order chi connectivity index (χ1) is 14.9. The molecule has 0 aromatic carbocycles. The van der Waals surface area contributed by atoms with Crippen LogP contribution < -0.4 is 15.5 Å². The Labute approximate surface area is 180 Å². The molecule has 2 aliphatic rings. The lowest BCUT2D eigenvalue weighted by Gasteiger charge is -2.33. The van der Waals surface area contributed by atoms with Gasteiger partial charge in [0.1, 0.15) is 29.5 Å². The third-order valence-corrected chi connectivity index (χ3v) is 6.23. The minimum Gasteiger partial charge on any atom is -0.442 e. The number of carbonyl (C=O) groups is 1. The highest BCUT2D eigenvalue weighted by Gasteiger charge is 2.38. The number of hydrogen-bond donors (Lipinski definition) is 2. The van der Waals surface area contributed by atoms with E-state index >= 15 is 0 Å². The minimum absolute atomic E-state index is 0.0341. The van der Waals surface area contributed by atoms with Crippen molar-refractivity contribution in [2.24, 2.45) is 0 Å². The molecule has 31 heavy (non-hydrogen) atoms. The molecule has 0 radical (unpaired) electrons. The number of amides is 1. The highest BCUT2D eigenvalue weighted by molar-refractivity contribution is 6.10. The lowest BCUT2D eigenvalue weighted by molar-refractivity contribution is 0.0931. The fourth-order valence-corrected chi connectivity index (χ4v) is 4.14. The lowest BCUT2D eigenvalue weighted by atomic mass is 10.0. The van der Waals surface area contributed by atoms with E-state index in [0.717, 1.165) is 50.4 Å². The fourth-order valence-electron chi connectivity index (χ4n) is 4.14. The Morgan fingerprint density at radius 1 is 1.19 bits per heavy atom. The maximum absolute atomic E-state index is 13.2. The number of aryl methyl sites for hydroxylation is 2. The van der Waals surface area contributed by atoms with Gasteiger partial charge in [0.2, 0.25) is 5.71 Å². The van der Waals surface area contributed by atoms with Crippen LogP contribution >= 0.6 is 0 Å². The molecule has 1 saturated heterocycles. The monoisotopic (exact) mass is 421 g/mol. The molecule has 0 spiro atoms. The molecule has 3 aromatic heterocycles. The Bertz CT molecular complexity index is 1130. The Morgan fingerprint density at radius 3 is 2.68 bits per heavy atom. The largest absolute Gasteiger partial charge is 0.442 e. The summed E-state index contributed by atoms with van der Waals surface area (Å²) in [5.41, 5.74) is 1.00. The number of nitrogens with zero attached hydrogens (tertiary/aromatic N) is 5. The van der Waals surface area contributed by atoms with Gasteiger partial charge < -0.3 is 20.0 Å². The van der Waals surface area contributed by atoms with Gasteiger partial charge in [0, 0.05) is 30.9 Å². The highest BCUT2D eigenvalue weighted by atomic mass is 16.3. The van der Waals surface area contributed by atoms with E-state index in [-0.39, 0.29) is 17.5 Å². The Kier molecular flexibility index (Phi) is 4.75. The maximum Gasteiger partial charge on any atom is 0.255 e. The SMILES string of the molecule is Cc1nccc(N2CCC(NC(=O)c3c(C)oc4ncnc(NC5(C)CC5)c34)CC2)n1. The van der Waals surface area contributed by atoms with E-state index in [1.807, 2.05) is 13.0 Å². The van der Waals surface area contributed by atoms with Crippen LogP contribution in [0.3, 0.4) is 0 Å². The van der Waals surface area contributed by atoms with E-state index < -0.39 is 0 Å². The standard InChI is InChI=1S/C22H27N7O2/c1-13-17(18-19(28-22(3)7-8-22)24-12-25-21(18)31-13)20(30)27-15-5-10-29(11-6-15)16-4-9-23-14(2)26-16/h4,9,12,15H,5-8,10-11H2,1-3H3,(H,27,30)(H,24,25,28). The zero-order valence-corrected chi connectivity index (χ0v) is 18.1. The predicted octanol–water partition coefficient (Wildman–Crippen LogP) is 2.99. The van der Waals surface area contributed by atoms with Gasteiger partial charge >= 0.3 is 0 Å². The number of anilines is 2. The van der Waals surface area contributed by atoms with Crippen LogP contribution in [0.2, 0.25) is 0 Å². The van der Waals surface area contributed by atoms with Crippen molar-refractivity contribution in [2.75, 3.05) is 23.3 Å². The van der Waals surface area contributed by atoms with Crippen molar-refractivity contribution in [3.05, 3.63) is 35.7 Å². The van der Waals surface area contributed by atoms with Crippen molar-refractivity contribution >= 4 is 28.6 Å². The molecule has 162 valence electrons. The molecular formula is C22H27N7O2. The number of rotatable bonds is 5.